The summed E-state index contributed by atoms with van der Waals surface area (Å²) in [5.41, 5.74) is 0.246. The van der Waals surface area contributed by atoms with Gasteiger partial charge >= 0.3 is 5.97 Å². The molecule has 1 heterocycles. The molecule has 0 saturated heterocycles. The van der Waals surface area contributed by atoms with Gasteiger partial charge in [-0.3, -0.25) is 0 Å². The minimum absolute atomic E-state index is 0.0869. The first-order valence-corrected chi connectivity index (χ1v) is 11.8. The number of hydrogen-bond acceptors (Lipinski definition) is 9. The van der Waals surface area contributed by atoms with Gasteiger partial charge in [0.2, 0.25) is 0 Å². The first-order chi connectivity index (χ1) is 17.2. The van der Waals surface area contributed by atoms with E-state index in [4.69, 9.17) is 37.9 Å². The third-order valence-electron chi connectivity index (χ3n) is 4.92. The van der Waals surface area contributed by atoms with Gasteiger partial charge in [0.1, 0.15) is 19.8 Å². The van der Waals surface area contributed by atoms with E-state index in [0.717, 1.165) is 10.8 Å². The smallest absolute Gasteiger partial charge is 0.335 e. The number of carbonyl (C=O) groups is 1. The molecule has 0 spiro atoms. The van der Waals surface area contributed by atoms with Crippen LogP contribution in [0.4, 0.5) is 0 Å². The molecule has 1 aliphatic rings. The lowest BCUT2D eigenvalue weighted by Crippen LogP contribution is -2.17. The maximum atomic E-state index is 11.9. The molecule has 192 valence electrons. The predicted octanol–water partition coefficient (Wildman–Crippen LogP) is 2.79. The molecular formula is C26H34O9. The molecular weight excluding hydrogens is 456 g/mol. The lowest BCUT2D eigenvalue weighted by atomic mass is 10.1. The van der Waals surface area contributed by atoms with Crippen LogP contribution in [0, 0.1) is 0 Å². The van der Waals surface area contributed by atoms with Gasteiger partial charge in [-0.15, -0.1) is 0 Å². The first kappa shape index (κ1) is 26.9. The average Bonchev–Trinajstić information content (AvgIpc) is 2.87. The second kappa shape index (κ2) is 16.1. The number of fused-ring (bicyclic) bond motifs is 2. The van der Waals surface area contributed by atoms with Crippen LogP contribution in [0.2, 0.25) is 0 Å². The van der Waals surface area contributed by atoms with Gasteiger partial charge in [0.25, 0.3) is 0 Å². The van der Waals surface area contributed by atoms with Gasteiger partial charge in [-0.1, -0.05) is 30.8 Å². The van der Waals surface area contributed by atoms with Crippen molar-refractivity contribution in [1.82, 2.24) is 0 Å². The predicted molar refractivity (Wildman–Crippen MR) is 129 cm³/mol. The number of cyclic esters (lactones) is 1. The molecule has 3 rings (SSSR count). The average molecular weight is 491 g/mol. The molecule has 1 aliphatic heterocycles. The van der Waals surface area contributed by atoms with Crippen LogP contribution in [0.5, 0.6) is 11.5 Å². The van der Waals surface area contributed by atoms with Gasteiger partial charge < -0.3 is 37.9 Å². The summed E-state index contributed by atoms with van der Waals surface area (Å²) in [5, 5.41) is 2.13. The van der Waals surface area contributed by atoms with E-state index in [-0.39, 0.29) is 25.4 Å². The molecule has 0 unspecified atom stereocenters. The summed E-state index contributed by atoms with van der Waals surface area (Å²) >= 11 is 0. The van der Waals surface area contributed by atoms with Crippen LogP contribution in [0.25, 0.3) is 10.8 Å². The van der Waals surface area contributed by atoms with Gasteiger partial charge in [0.05, 0.1) is 71.6 Å². The van der Waals surface area contributed by atoms with E-state index in [1.165, 1.54) is 0 Å². The van der Waals surface area contributed by atoms with Crippen molar-refractivity contribution in [2.24, 2.45) is 0 Å². The molecule has 0 saturated carbocycles. The summed E-state index contributed by atoms with van der Waals surface area (Å²) in [6.07, 6.45) is 0. The Labute approximate surface area is 205 Å². The van der Waals surface area contributed by atoms with Gasteiger partial charge in [-0.25, -0.2) is 4.79 Å². The molecule has 0 aromatic heterocycles. The highest BCUT2D eigenvalue weighted by atomic mass is 16.6. The molecule has 0 amide bonds. The Hall–Kier alpha value is -2.69. The minimum atomic E-state index is -0.503. The Balaban J connectivity index is 1.50. The van der Waals surface area contributed by atoms with Crippen molar-refractivity contribution in [2.45, 2.75) is 0 Å². The maximum Gasteiger partial charge on any atom is 0.335 e. The normalized spacial score (nSPS) is 19.3. The summed E-state index contributed by atoms with van der Waals surface area (Å²) in [6, 6.07) is 12.0. The van der Waals surface area contributed by atoms with Crippen molar-refractivity contribution in [3.63, 3.8) is 0 Å². The van der Waals surface area contributed by atoms with E-state index >= 15 is 0 Å². The van der Waals surface area contributed by atoms with Gasteiger partial charge in [0.15, 0.2) is 11.5 Å². The molecule has 9 nitrogen and oxygen atoms in total. The maximum absolute atomic E-state index is 11.9. The molecule has 2 aromatic carbocycles. The molecule has 0 radical (unpaired) electrons. The molecule has 0 N–H and O–H groups in total. The van der Waals surface area contributed by atoms with E-state index in [2.05, 4.69) is 6.58 Å². The van der Waals surface area contributed by atoms with Crippen LogP contribution in [-0.4, -0.2) is 91.9 Å². The van der Waals surface area contributed by atoms with Gasteiger partial charge in [-0.05, 0) is 22.9 Å². The van der Waals surface area contributed by atoms with Crippen molar-refractivity contribution in [3.05, 3.63) is 48.6 Å². The van der Waals surface area contributed by atoms with Crippen LogP contribution >= 0.6 is 0 Å². The van der Waals surface area contributed by atoms with Gasteiger partial charge in [0, 0.05) is 0 Å². The van der Waals surface area contributed by atoms with Crippen LogP contribution in [0.15, 0.2) is 48.6 Å². The molecule has 0 bridgehead atoms. The quantitative estimate of drug-likeness (QED) is 0.408. The Morgan fingerprint density at radius 1 is 0.543 bits per heavy atom. The zero-order valence-electron chi connectivity index (χ0n) is 20.0. The fourth-order valence-electron chi connectivity index (χ4n) is 3.16. The van der Waals surface area contributed by atoms with Crippen LogP contribution in [0.1, 0.15) is 0 Å². The summed E-state index contributed by atoms with van der Waals surface area (Å²) in [6.45, 7) is 8.09. The van der Waals surface area contributed by atoms with Crippen molar-refractivity contribution in [1.29, 1.82) is 0 Å². The standard InChI is InChI=1S/C26H34O9/c1-21-20-32-11-10-28-6-7-29-12-15-33-24-18-22-4-2-3-5-23(22)19-25(24)34-16-13-30-8-9-31-14-17-35-26(21)27/h2-5,18-19H,1,6-17,20H2. The summed E-state index contributed by atoms with van der Waals surface area (Å²) in [7, 11) is 0. The molecule has 0 atom stereocenters. The fourth-order valence-corrected chi connectivity index (χ4v) is 3.16. The monoisotopic (exact) mass is 490 g/mol. The molecule has 0 aliphatic carbocycles. The summed E-state index contributed by atoms with van der Waals surface area (Å²) < 4.78 is 44.4. The van der Waals surface area contributed by atoms with Crippen LogP contribution in [0.3, 0.4) is 0 Å². The highest BCUT2D eigenvalue weighted by molar-refractivity contribution is 5.88. The highest BCUT2D eigenvalue weighted by Gasteiger charge is 2.10. The number of benzene rings is 2. The lowest BCUT2D eigenvalue weighted by Gasteiger charge is -2.15. The summed E-state index contributed by atoms with van der Waals surface area (Å²) in [4.78, 5) is 11.9. The number of ether oxygens (including phenoxy) is 8. The third-order valence-corrected chi connectivity index (χ3v) is 4.92. The van der Waals surface area contributed by atoms with E-state index in [0.29, 0.717) is 77.6 Å². The van der Waals surface area contributed by atoms with E-state index < -0.39 is 5.97 Å². The van der Waals surface area contributed by atoms with E-state index in [1.807, 2.05) is 36.4 Å². The molecule has 2 aromatic rings. The van der Waals surface area contributed by atoms with Crippen molar-refractivity contribution < 1.29 is 42.7 Å². The third kappa shape index (κ3) is 10.2. The fraction of sp³-hybridized carbons (Fsp3) is 0.500. The van der Waals surface area contributed by atoms with Crippen LogP contribution < -0.4 is 9.47 Å². The number of esters is 1. The highest BCUT2D eigenvalue weighted by Crippen LogP contribution is 2.32. The number of hydrogen-bond donors (Lipinski definition) is 0. The largest absolute Gasteiger partial charge is 0.487 e. The molecule has 0 fully saturated rings. The molecule has 9 heteroatoms. The van der Waals surface area contributed by atoms with E-state index in [9.17, 15) is 4.79 Å². The Bertz CT molecular complexity index is 915. The number of rotatable bonds is 0. The zero-order valence-corrected chi connectivity index (χ0v) is 20.0. The second-order valence-corrected chi connectivity index (χ2v) is 7.58. The second-order valence-electron chi connectivity index (χ2n) is 7.58. The Morgan fingerprint density at radius 3 is 1.43 bits per heavy atom. The number of carbonyl (C=O) groups excluding carboxylic acids is 1. The van der Waals surface area contributed by atoms with Crippen molar-refractivity contribution >= 4 is 16.7 Å². The van der Waals surface area contributed by atoms with Crippen molar-refractivity contribution in [3.8, 4) is 11.5 Å². The Kier molecular flexibility index (Phi) is 12.4. The minimum Gasteiger partial charge on any atom is -0.487 e. The SMILES string of the molecule is C=C1COCCOCCOCCOc2cc3ccccc3cc2OCCOCCOCCOC1=O. The molecule has 35 heavy (non-hydrogen) atoms. The van der Waals surface area contributed by atoms with Crippen molar-refractivity contribution in [2.75, 3.05) is 85.9 Å². The zero-order chi connectivity index (χ0) is 24.6. The van der Waals surface area contributed by atoms with Gasteiger partial charge in [-0.2, -0.15) is 0 Å². The topological polar surface area (TPSA) is 90.9 Å². The Morgan fingerprint density at radius 2 is 0.943 bits per heavy atom. The summed E-state index contributed by atoms with van der Waals surface area (Å²) in [5.74, 6) is 0.809. The first-order valence-electron chi connectivity index (χ1n) is 11.8. The van der Waals surface area contributed by atoms with Crippen LogP contribution in [-0.2, 0) is 33.2 Å². The lowest BCUT2D eigenvalue weighted by molar-refractivity contribution is -0.141. The van der Waals surface area contributed by atoms with E-state index in [1.54, 1.807) is 0 Å².